The fourth-order valence-corrected chi connectivity index (χ4v) is 1.54. The number of hydrogen-bond acceptors (Lipinski definition) is 3. The third-order valence-electron chi connectivity index (χ3n) is 2.64. The first-order chi connectivity index (χ1) is 7.66. The van der Waals surface area contributed by atoms with Gasteiger partial charge in [-0.2, -0.15) is 0 Å². The molecule has 0 aromatic carbocycles. The third kappa shape index (κ3) is 2.30. The predicted octanol–water partition coefficient (Wildman–Crippen LogP) is 1.16. The number of aliphatic carboxylic acids is 1. The molecule has 2 rings (SSSR count). The number of carboxylic acid groups (broad SMARTS) is 1. The highest BCUT2D eigenvalue weighted by atomic mass is 16.5. The van der Waals surface area contributed by atoms with Crippen LogP contribution >= 0.6 is 0 Å². The van der Waals surface area contributed by atoms with Gasteiger partial charge in [0.05, 0.1) is 30.9 Å². The molecule has 1 saturated heterocycles. The van der Waals surface area contributed by atoms with Gasteiger partial charge < -0.3 is 14.4 Å². The van der Waals surface area contributed by atoms with Gasteiger partial charge in [0.2, 0.25) is 0 Å². The van der Waals surface area contributed by atoms with Crippen molar-refractivity contribution in [2.75, 3.05) is 6.61 Å². The average Bonchev–Trinajstić information content (AvgIpc) is 2.59. The summed E-state index contributed by atoms with van der Waals surface area (Å²) in [4.78, 5) is 14.7. The molecule has 1 aliphatic heterocycles. The molecule has 2 heterocycles. The second kappa shape index (κ2) is 4.49. The second-order valence-electron chi connectivity index (χ2n) is 3.88. The van der Waals surface area contributed by atoms with Crippen LogP contribution in [-0.4, -0.2) is 33.3 Å². The fourth-order valence-electron chi connectivity index (χ4n) is 1.54. The first-order valence-corrected chi connectivity index (χ1v) is 5.20. The minimum Gasteiger partial charge on any atom is -0.478 e. The molecule has 0 saturated carbocycles. The Labute approximate surface area is 93.4 Å². The molecule has 1 aromatic heterocycles. The van der Waals surface area contributed by atoms with Gasteiger partial charge in [0.25, 0.3) is 0 Å². The molecule has 5 nitrogen and oxygen atoms in total. The van der Waals surface area contributed by atoms with E-state index in [2.05, 4.69) is 4.98 Å². The largest absolute Gasteiger partial charge is 0.478 e. The van der Waals surface area contributed by atoms with E-state index in [1.807, 2.05) is 4.57 Å². The minimum absolute atomic E-state index is 0.242. The number of rotatable bonds is 4. The summed E-state index contributed by atoms with van der Waals surface area (Å²) in [6, 6.07) is 0. The van der Waals surface area contributed by atoms with E-state index in [0.29, 0.717) is 5.57 Å². The van der Waals surface area contributed by atoms with Crippen LogP contribution in [0.4, 0.5) is 0 Å². The lowest BCUT2D eigenvalue weighted by molar-refractivity contribution is -0.132. The van der Waals surface area contributed by atoms with Gasteiger partial charge >= 0.3 is 5.97 Å². The topological polar surface area (TPSA) is 64.4 Å². The summed E-state index contributed by atoms with van der Waals surface area (Å²) in [5.74, 6) is -0.910. The highest BCUT2D eigenvalue weighted by molar-refractivity contribution is 5.91. The number of aromatic nitrogens is 2. The number of nitrogens with zero attached hydrogens (tertiary/aromatic N) is 2. The molecule has 0 aliphatic carbocycles. The van der Waals surface area contributed by atoms with Crippen molar-refractivity contribution in [2.24, 2.45) is 0 Å². The molecule has 86 valence electrons. The van der Waals surface area contributed by atoms with Crippen LogP contribution in [0.25, 0.3) is 6.08 Å². The molecule has 0 bridgehead atoms. The maximum atomic E-state index is 10.7. The Morgan fingerprint density at radius 3 is 3.12 bits per heavy atom. The molecule has 16 heavy (non-hydrogen) atoms. The monoisotopic (exact) mass is 222 g/mol. The normalized spacial score (nSPS) is 20.6. The summed E-state index contributed by atoms with van der Waals surface area (Å²) in [7, 11) is 0. The minimum atomic E-state index is -0.910. The van der Waals surface area contributed by atoms with Gasteiger partial charge in [0.15, 0.2) is 0 Å². The zero-order valence-electron chi connectivity index (χ0n) is 9.09. The van der Waals surface area contributed by atoms with Crippen LogP contribution in [0.5, 0.6) is 0 Å². The molecule has 1 N–H and O–H groups in total. The molecule has 0 amide bonds. The van der Waals surface area contributed by atoms with Crippen molar-refractivity contribution in [3.63, 3.8) is 0 Å². The molecule has 1 unspecified atom stereocenters. The van der Waals surface area contributed by atoms with Crippen molar-refractivity contribution in [3.05, 3.63) is 23.8 Å². The molecule has 0 spiro atoms. The number of ether oxygens (including phenoxy) is 1. The molecule has 1 aliphatic rings. The smallest absolute Gasteiger partial charge is 0.331 e. The maximum Gasteiger partial charge on any atom is 0.331 e. The molecular formula is C11H14N2O3. The van der Waals surface area contributed by atoms with Gasteiger partial charge in [-0.1, -0.05) is 0 Å². The summed E-state index contributed by atoms with van der Waals surface area (Å²) >= 11 is 0. The Bertz CT molecular complexity index is 419. The Hall–Kier alpha value is -1.62. The SMILES string of the molecule is C/C(=C\c1cncn1CC1CCO1)C(=O)O. The summed E-state index contributed by atoms with van der Waals surface area (Å²) < 4.78 is 7.24. The Morgan fingerprint density at radius 2 is 2.56 bits per heavy atom. The molecule has 1 atom stereocenters. The molecule has 1 aromatic rings. The van der Waals surface area contributed by atoms with Gasteiger partial charge in [-0.05, 0) is 19.4 Å². The van der Waals surface area contributed by atoms with Gasteiger partial charge in [0, 0.05) is 12.2 Å². The van der Waals surface area contributed by atoms with Crippen LogP contribution in [0.1, 0.15) is 19.0 Å². The lowest BCUT2D eigenvalue weighted by atomic mass is 10.2. The van der Waals surface area contributed by atoms with Crippen LogP contribution in [0, 0.1) is 0 Å². The van der Waals surface area contributed by atoms with Crippen molar-refractivity contribution < 1.29 is 14.6 Å². The molecule has 5 heteroatoms. The summed E-state index contributed by atoms with van der Waals surface area (Å²) in [6.07, 6.45) is 6.27. The third-order valence-corrected chi connectivity index (χ3v) is 2.64. The summed E-state index contributed by atoms with van der Waals surface area (Å²) in [5.41, 5.74) is 1.10. The Morgan fingerprint density at radius 1 is 1.81 bits per heavy atom. The quantitative estimate of drug-likeness (QED) is 0.776. The van der Waals surface area contributed by atoms with Crippen molar-refractivity contribution in [2.45, 2.75) is 26.0 Å². The highest BCUT2D eigenvalue weighted by Crippen LogP contribution is 2.15. The van der Waals surface area contributed by atoms with Gasteiger partial charge in [-0.15, -0.1) is 0 Å². The van der Waals surface area contributed by atoms with E-state index in [0.717, 1.165) is 25.3 Å². The van der Waals surface area contributed by atoms with E-state index in [4.69, 9.17) is 9.84 Å². The van der Waals surface area contributed by atoms with E-state index in [1.165, 1.54) is 0 Å². The van der Waals surface area contributed by atoms with E-state index in [9.17, 15) is 4.79 Å². The summed E-state index contributed by atoms with van der Waals surface area (Å²) in [5, 5.41) is 8.79. The second-order valence-corrected chi connectivity index (χ2v) is 3.88. The molecule has 0 radical (unpaired) electrons. The zero-order valence-corrected chi connectivity index (χ0v) is 9.09. The summed E-state index contributed by atoms with van der Waals surface area (Å²) in [6.45, 7) is 3.12. The lowest BCUT2D eigenvalue weighted by Crippen LogP contribution is -2.31. The van der Waals surface area contributed by atoms with Gasteiger partial charge in [-0.3, -0.25) is 0 Å². The molecule has 1 fully saturated rings. The van der Waals surface area contributed by atoms with E-state index < -0.39 is 5.97 Å². The maximum absolute atomic E-state index is 10.7. The van der Waals surface area contributed by atoms with Crippen molar-refractivity contribution in [1.29, 1.82) is 0 Å². The highest BCUT2D eigenvalue weighted by Gasteiger charge is 2.19. The van der Waals surface area contributed by atoms with E-state index >= 15 is 0 Å². The fraction of sp³-hybridized carbons (Fsp3) is 0.455. The first kappa shape index (κ1) is 10.9. The lowest BCUT2D eigenvalue weighted by Gasteiger charge is -2.27. The van der Waals surface area contributed by atoms with Crippen LogP contribution in [-0.2, 0) is 16.1 Å². The van der Waals surface area contributed by atoms with Crippen molar-refractivity contribution >= 4 is 12.0 Å². The van der Waals surface area contributed by atoms with Crippen LogP contribution < -0.4 is 0 Å². The number of imidazole rings is 1. The van der Waals surface area contributed by atoms with Gasteiger partial charge in [0.1, 0.15) is 0 Å². The first-order valence-electron chi connectivity index (χ1n) is 5.20. The van der Waals surface area contributed by atoms with E-state index in [-0.39, 0.29) is 6.10 Å². The van der Waals surface area contributed by atoms with E-state index in [1.54, 1.807) is 25.5 Å². The van der Waals surface area contributed by atoms with Crippen LogP contribution in [0.2, 0.25) is 0 Å². The Kier molecular flexibility index (Phi) is 3.05. The molecular weight excluding hydrogens is 208 g/mol. The number of carboxylic acids is 1. The van der Waals surface area contributed by atoms with Gasteiger partial charge in [-0.25, -0.2) is 9.78 Å². The zero-order chi connectivity index (χ0) is 11.5. The van der Waals surface area contributed by atoms with Crippen molar-refractivity contribution in [1.82, 2.24) is 9.55 Å². The van der Waals surface area contributed by atoms with Crippen LogP contribution in [0.15, 0.2) is 18.1 Å². The average molecular weight is 222 g/mol. The van der Waals surface area contributed by atoms with Crippen LogP contribution in [0.3, 0.4) is 0 Å². The Balaban J connectivity index is 2.11. The number of carbonyl (C=O) groups is 1. The predicted molar refractivity (Wildman–Crippen MR) is 57.9 cm³/mol. The standard InChI is InChI=1S/C11H14N2O3/c1-8(11(14)15)4-9-5-12-7-13(9)6-10-2-3-16-10/h4-5,7,10H,2-3,6H2,1H3,(H,14,15)/b8-4+. The number of hydrogen-bond donors (Lipinski definition) is 1. The van der Waals surface area contributed by atoms with Crippen molar-refractivity contribution in [3.8, 4) is 0 Å².